The summed E-state index contributed by atoms with van der Waals surface area (Å²) in [6, 6.07) is 0.137. The molecule has 3 heterocycles. The Morgan fingerprint density at radius 1 is 1.24 bits per heavy atom. The summed E-state index contributed by atoms with van der Waals surface area (Å²) in [6.07, 6.45) is 4.75. The highest BCUT2D eigenvalue weighted by molar-refractivity contribution is 7.18. The van der Waals surface area contributed by atoms with Crippen molar-refractivity contribution < 1.29 is 14.3 Å². The molecule has 1 fully saturated rings. The minimum absolute atomic E-state index is 0.137. The number of thiophene rings is 1. The molecule has 29 heavy (non-hydrogen) atoms. The molecule has 1 aliphatic rings. The third-order valence-corrected chi connectivity index (χ3v) is 6.88. The van der Waals surface area contributed by atoms with Crippen LogP contribution in [0.4, 0.5) is 5.82 Å². The summed E-state index contributed by atoms with van der Waals surface area (Å²) < 4.78 is 5.27. The van der Waals surface area contributed by atoms with E-state index in [1.165, 1.54) is 10.4 Å². The van der Waals surface area contributed by atoms with Crippen LogP contribution in [0.2, 0.25) is 0 Å². The number of hydrogen-bond donors (Lipinski definition) is 1. The fraction of sp³-hybridized carbons (Fsp3) is 0.619. The van der Waals surface area contributed by atoms with Gasteiger partial charge in [-0.2, -0.15) is 0 Å². The zero-order valence-electron chi connectivity index (χ0n) is 17.7. The van der Waals surface area contributed by atoms with Crippen LogP contribution < -0.4 is 10.2 Å². The quantitative estimate of drug-likeness (QED) is 0.694. The number of piperidine rings is 1. The molecule has 0 spiro atoms. The van der Waals surface area contributed by atoms with Crippen LogP contribution >= 0.6 is 11.3 Å². The first-order valence-corrected chi connectivity index (χ1v) is 11.2. The first kappa shape index (κ1) is 21.5. The number of carbonyl (C=O) groups is 2. The highest BCUT2D eigenvalue weighted by Crippen LogP contribution is 2.35. The van der Waals surface area contributed by atoms with Crippen molar-refractivity contribution in [3.8, 4) is 0 Å². The number of aryl methyl sites for hydroxylation is 2. The maximum atomic E-state index is 12.4. The molecule has 0 aliphatic carbocycles. The first-order valence-electron chi connectivity index (χ1n) is 10.4. The molecule has 2 aromatic heterocycles. The summed E-state index contributed by atoms with van der Waals surface area (Å²) in [6.45, 7) is 9.54. The average molecular weight is 419 g/mol. The monoisotopic (exact) mass is 418 g/mol. The molecule has 1 saturated heterocycles. The fourth-order valence-corrected chi connectivity index (χ4v) is 4.74. The van der Waals surface area contributed by atoms with Gasteiger partial charge in [0.15, 0.2) is 6.61 Å². The van der Waals surface area contributed by atoms with Gasteiger partial charge in [0.2, 0.25) is 0 Å². The summed E-state index contributed by atoms with van der Waals surface area (Å²) in [5.41, 5.74) is 1.23. The van der Waals surface area contributed by atoms with E-state index in [4.69, 9.17) is 4.74 Å². The SMILES string of the molecule is CCC(CC)NC(=O)COC(=O)C1CCN(c2ncnc3sc(C)c(C)c23)CC1. The van der Waals surface area contributed by atoms with Gasteiger partial charge in [-0.1, -0.05) is 13.8 Å². The number of ether oxygens (including phenoxy) is 1. The second kappa shape index (κ2) is 9.52. The second-order valence-corrected chi connectivity index (χ2v) is 8.81. The molecule has 1 amide bonds. The minimum atomic E-state index is -0.278. The molecule has 2 aromatic rings. The fourth-order valence-electron chi connectivity index (χ4n) is 3.75. The molecule has 8 heteroatoms. The molecule has 0 atom stereocenters. The van der Waals surface area contributed by atoms with E-state index >= 15 is 0 Å². The van der Waals surface area contributed by atoms with Crippen molar-refractivity contribution in [1.29, 1.82) is 0 Å². The number of fused-ring (bicyclic) bond motifs is 1. The largest absolute Gasteiger partial charge is 0.455 e. The van der Waals surface area contributed by atoms with Crippen LogP contribution in [0.3, 0.4) is 0 Å². The molecule has 1 aliphatic heterocycles. The summed E-state index contributed by atoms with van der Waals surface area (Å²) >= 11 is 1.69. The van der Waals surface area contributed by atoms with Crippen molar-refractivity contribution in [2.75, 3.05) is 24.6 Å². The normalized spacial score (nSPS) is 15.1. The molecule has 0 aromatic carbocycles. The van der Waals surface area contributed by atoms with Crippen molar-refractivity contribution in [2.45, 2.75) is 59.4 Å². The Morgan fingerprint density at radius 2 is 1.93 bits per heavy atom. The summed E-state index contributed by atoms with van der Waals surface area (Å²) in [5.74, 6) is 0.277. The van der Waals surface area contributed by atoms with Gasteiger partial charge < -0.3 is 15.0 Å². The van der Waals surface area contributed by atoms with Crippen molar-refractivity contribution in [1.82, 2.24) is 15.3 Å². The van der Waals surface area contributed by atoms with E-state index < -0.39 is 0 Å². The smallest absolute Gasteiger partial charge is 0.309 e. The van der Waals surface area contributed by atoms with E-state index in [0.29, 0.717) is 12.8 Å². The third-order valence-electron chi connectivity index (χ3n) is 5.77. The standard InChI is InChI=1S/C21H30N4O3S/c1-5-16(6-2)24-17(26)11-28-21(27)15-7-9-25(10-8-15)19-18-13(3)14(4)29-20(18)23-12-22-19/h12,15-16H,5-11H2,1-4H3,(H,24,26). The molecule has 3 rings (SSSR count). The summed E-state index contributed by atoms with van der Waals surface area (Å²) in [4.78, 5) is 37.8. The van der Waals surface area contributed by atoms with Crippen molar-refractivity contribution >= 4 is 39.2 Å². The number of hydrogen-bond acceptors (Lipinski definition) is 7. The maximum Gasteiger partial charge on any atom is 0.309 e. The Labute approximate surface area is 175 Å². The van der Waals surface area contributed by atoms with E-state index in [-0.39, 0.29) is 30.4 Å². The number of aromatic nitrogens is 2. The number of nitrogens with one attached hydrogen (secondary N) is 1. The highest BCUT2D eigenvalue weighted by atomic mass is 32.1. The molecule has 158 valence electrons. The van der Waals surface area contributed by atoms with E-state index in [0.717, 1.165) is 42.0 Å². The number of rotatable bonds is 7. The summed E-state index contributed by atoms with van der Waals surface area (Å²) in [5, 5.41) is 4.01. The number of amides is 1. The molecule has 0 unspecified atom stereocenters. The zero-order chi connectivity index (χ0) is 21.0. The lowest BCUT2D eigenvalue weighted by atomic mass is 9.97. The van der Waals surface area contributed by atoms with Gasteiger partial charge in [-0.3, -0.25) is 9.59 Å². The number of carbonyl (C=O) groups excluding carboxylic acids is 2. The van der Waals surface area contributed by atoms with Crippen molar-refractivity contribution in [3.05, 3.63) is 16.8 Å². The van der Waals surface area contributed by atoms with E-state index in [1.54, 1.807) is 17.7 Å². The van der Waals surface area contributed by atoms with E-state index in [2.05, 4.69) is 34.0 Å². The van der Waals surface area contributed by atoms with Crippen molar-refractivity contribution in [3.63, 3.8) is 0 Å². The van der Waals surface area contributed by atoms with Crippen molar-refractivity contribution in [2.24, 2.45) is 5.92 Å². The molecule has 0 bridgehead atoms. The summed E-state index contributed by atoms with van der Waals surface area (Å²) in [7, 11) is 0. The van der Waals surface area contributed by atoms with Gasteiger partial charge in [-0.15, -0.1) is 11.3 Å². The van der Waals surface area contributed by atoms with E-state index in [1.807, 2.05) is 13.8 Å². The van der Waals surface area contributed by atoms with Crippen LogP contribution in [-0.2, 0) is 14.3 Å². The number of esters is 1. The van der Waals surface area contributed by atoms with Crippen LogP contribution in [-0.4, -0.2) is 47.6 Å². The third kappa shape index (κ3) is 4.86. The van der Waals surface area contributed by atoms with Gasteiger partial charge in [0.1, 0.15) is 17.0 Å². The van der Waals surface area contributed by atoms with Gasteiger partial charge in [0.05, 0.1) is 11.3 Å². The zero-order valence-corrected chi connectivity index (χ0v) is 18.5. The molecule has 7 nitrogen and oxygen atoms in total. The molecular weight excluding hydrogens is 388 g/mol. The van der Waals surface area contributed by atoms with Crippen LogP contribution in [0.5, 0.6) is 0 Å². The topological polar surface area (TPSA) is 84.4 Å². The Kier molecular flexibility index (Phi) is 7.05. The van der Waals surface area contributed by atoms with Gasteiger partial charge in [-0.05, 0) is 45.1 Å². The van der Waals surface area contributed by atoms with Gasteiger partial charge >= 0.3 is 5.97 Å². The van der Waals surface area contributed by atoms with Gasteiger partial charge in [0.25, 0.3) is 5.91 Å². The lowest BCUT2D eigenvalue weighted by molar-refractivity contribution is -0.153. The Bertz CT molecular complexity index is 870. The molecular formula is C21H30N4O3S. The van der Waals surface area contributed by atoms with Gasteiger partial charge in [-0.25, -0.2) is 9.97 Å². The molecule has 1 N–H and O–H groups in total. The second-order valence-electron chi connectivity index (χ2n) is 7.61. The Morgan fingerprint density at radius 3 is 2.59 bits per heavy atom. The van der Waals surface area contributed by atoms with Crippen LogP contribution in [0.15, 0.2) is 6.33 Å². The number of nitrogens with zero attached hydrogens (tertiary/aromatic N) is 3. The predicted octanol–water partition coefficient (Wildman–Crippen LogP) is 3.37. The van der Waals surface area contributed by atoms with Gasteiger partial charge in [0, 0.05) is 24.0 Å². The lowest BCUT2D eigenvalue weighted by Gasteiger charge is -2.32. The van der Waals surface area contributed by atoms with Crippen LogP contribution in [0.1, 0.15) is 50.0 Å². The number of anilines is 1. The van der Waals surface area contributed by atoms with E-state index in [9.17, 15) is 9.59 Å². The maximum absolute atomic E-state index is 12.4. The average Bonchev–Trinajstić information content (AvgIpc) is 3.04. The van der Waals surface area contributed by atoms with Crippen LogP contribution in [0.25, 0.3) is 10.2 Å². The molecule has 0 saturated carbocycles. The lowest BCUT2D eigenvalue weighted by Crippen LogP contribution is -2.40. The minimum Gasteiger partial charge on any atom is -0.455 e. The first-order chi connectivity index (χ1) is 13.9. The molecule has 0 radical (unpaired) electrons. The highest BCUT2D eigenvalue weighted by Gasteiger charge is 2.28. The Hall–Kier alpha value is -2.22. The predicted molar refractivity (Wildman–Crippen MR) is 115 cm³/mol. The Balaban J connectivity index is 1.54. The van der Waals surface area contributed by atoms with Crippen LogP contribution in [0, 0.1) is 19.8 Å².